The van der Waals surface area contributed by atoms with Crippen LogP contribution in [0.3, 0.4) is 0 Å². The van der Waals surface area contributed by atoms with E-state index in [9.17, 15) is 15.0 Å². The minimum Gasteiger partial charge on any atom is -0.466 e. The Hall–Kier alpha value is -1.29. The first-order valence-electron chi connectivity index (χ1n) is 5.13. The van der Waals surface area contributed by atoms with Gasteiger partial charge in [-0.15, -0.1) is 0 Å². The van der Waals surface area contributed by atoms with Gasteiger partial charge in [0.05, 0.1) is 6.26 Å². The van der Waals surface area contributed by atoms with Crippen LogP contribution in [-0.4, -0.2) is 11.1 Å². The summed E-state index contributed by atoms with van der Waals surface area (Å²) in [6.07, 6.45) is 4.65. The summed E-state index contributed by atoms with van der Waals surface area (Å²) in [6.45, 7) is 0. The molecular weight excluding hydrogens is 196 g/mol. The number of hydrogen-bond donors (Lipinski definition) is 1. The molecule has 1 fully saturated rings. The van der Waals surface area contributed by atoms with Gasteiger partial charge >= 0.3 is 5.97 Å². The summed E-state index contributed by atoms with van der Waals surface area (Å²) in [7, 11) is 0. The summed E-state index contributed by atoms with van der Waals surface area (Å²) in [6, 6.07) is 3.05. The van der Waals surface area contributed by atoms with Gasteiger partial charge in [-0.05, 0) is 25.0 Å². The van der Waals surface area contributed by atoms with Crippen LogP contribution in [0.2, 0.25) is 0 Å². The minimum absolute atomic E-state index is 0.0781. The lowest BCUT2D eigenvalue weighted by Crippen LogP contribution is -2.41. The zero-order chi connectivity index (χ0) is 10.9. The highest BCUT2D eigenvalue weighted by atomic mass is 16.4. The molecule has 1 atom stereocenters. The molecule has 1 aromatic rings. The molecule has 15 heavy (non-hydrogen) atoms. The Morgan fingerprint density at radius 3 is 2.60 bits per heavy atom. The Balaban J connectivity index is 2.35. The molecule has 0 bridgehead atoms. The van der Waals surface area contributed by atoms with Crippen LogP contribution in [-0.2, 0) is 15.5 Å². The van der Waals surface area contributed by atoms with E-state index in [1.807, 2.05) is 0 Å². The van der Waals surface area contributed by atoms with Gasteiger partial charge in [0.15, 0.2) is 0 Å². The highest BCUT2D eigenvalue weighted by Gasteiger charge is 2.50. The molecule has 0 aromatic carbocycles. The lowest BCUT2D eigenvalue weighted by Gasteiger charge is -2.26. The first-order valence-corrected chi connectivity index (χ1v) is 5.13. The first kappa shape index (κ1) is 10.2. The van der Waals surface area contributed by atoms with E-state index in [0.29, 0.717) is 12.8 Å². The molecule has 81 valence electrons. The second-order valence-corrected chi connectivity index (χ2v) is 4.01. The van der Waals surface area contributed by atoms with Gasteiger partial charge in [-0.1, -0.05) is 12.8 Å². The van der Waals surface area contributed by atoms with E-state index in [1.54, 1.807) is 6.07 Å². The Bertz CT molecular complexity index is 337. The van der Waals surface area contributed by atoms with E-state index in [4.69, 9.17) is 4.42 Å². The van der Waals surface area contributed by atoms with Crippen LogP contribution in [0, 0.1) is 5.92 Å². The van der Waals surface area contributed by atoms with Crippen molar-refractivity contribution >= 4 is 5.97 Å². The lowest BCUT2D eigenvalue weighted by molar-refractivity contribution is -0.176. The second-order valence-electron chi connectivity index (χ2n) is 4.01. The average molecular weight is 209 g/mol. The van der Waals surface area contributed by atoms with Crippen molar-refractivity contribution in [3.05, 3.63) is 24.2 Å². The van der Waals surface area contributed by atoms with Gasteiger partial charge in [-0.25, -0.2) is 9.90 Å². The molecule has 1 unspecified atom stereocenters. The molecule has 1 N–H and O–H groups in total. The molecule has 0 saturated heterocycles. The number of hydrogen-bond acceptors (Lipinski definition) is 3. The first-order chi connectivity index (χ1) is 7.15. The van der Waals surface area contributed by atoms with E-state index < -0.39 is 11.6 Å². The van der Waals surface area contributed by atoms with Crippen molar-refractivity contribution in [2.24, 2.45) is 5.92 Å². The highest BCUT2D eigenvalue weighted by molar-refractivity contribution is 5.78. The molecule has 1 aliphatic rings. The molecule has 4 nitrogen and oxygen atoms in total. The molecule has 1 aliphatic carbocycles. The fraction of sp³-hybridized carbons (Fsp3) is 0.545. The lowest BCUT2D eigenvalue weighted by atomic mass is 9.84. The third-order valence-electron chi connectivity index (χ3n) is 3.15. The fourth-order valence-electron chi connectivity index (χ4n) is 2.31. The molecule has 0 spiro atoms. The third-order valence-corrected chi connectivity index (χ3v) is 3.15. The highest BCUT2D eigenvalue weighted by Crippen LogP contribution is 2.41. The van der Waals surface area contributed by atoms with Crippen LogP contribution >= 0.6 is 0 Å². The van der Waals surface area contributed by atoms with Crippen LogP contribution in [0.5, 0.6) is 0 Å². The summed E-state index contributed by atoms with van der Waals surface area (Å²) < 4.78 is 5.00. The molecule has 2 rings (SSSR count). The van der Waals surface area contributed by atoms with Crippen LogP contribution in [0.1, 0.15) is 31.4 Å². The van der Waals surface area contributed by atoms with Crippen molar-refractivity contribution in [1.29, 1.82) is 0 Å². The quantitative estimate of drug-likeness (QED) is 0.822. The smallest absolute Gasteiger partial charge is 0.394 e. The minimum atomic E-state index is -1.96. The monoisotopic (exact) mass is 209 g/mol. The molecule has 0 amide bonds. The molecule has 4 heteroatoms. The van der Waals surface area contributed by atoms with Crippen molar-refractivity contribution in [2.75, 3.05) is 0 Å². The van der Waals surface area contributed by atoms with Crippen LogP contribution in [0.4, 0.5) is 0 Å². The summed E-state index contributed by atoms with van der Waals surface area (Å²) >= 11 is 0. The van der Waals surface area contributed by atoms with Crippen molar-refractivity contribution in [3.8, 4) is 0 Å². The van der Waals surface area contributed by atoms with E-state index in [0.717, 1.165) is 12.8 Å². The van der Waals surface area contributed by atoms with E-state index in [-0.39, 0.29) is 11.7 Å². The van der Waals surface area contributed by atoms with Crippen molar-refractivity contribution in [3.63, 3.8) is 0 Å². The number of carbonyl (C=O) groups is 1. The van der Waals surface area contributed by atoms with Gasteiger partial charge < -0.3 is 9.52 Å². The summed E-state index contributed by atoms with van der Waals surface area (Å²) in [5, 5.41) is 21.3. The largest absolute Gasteiger partial charge is 0.466 e. The summed E-state index contributed by atoms with van der Waals surface area (Å²) in [5.74, 6) is -1.69. The normalized spacial score (nSPS) is 21.4. The van der Waals surface area contributed by atoms with Gasteiger partial charge in [-0.2, -0.15) is 0 Å². The second kappa shape index (κ2) is 3.70. The standard InChI is InChI=1S/C11H13O4/c12-10(13)11(14,8-4-1-2-5-8)9-6-3-7-15-9/h3,6-8,14H,1-2,4-5H2. The zero-order valence-corrected chi connectivity index (χ0v) is 8.31. The molecule has 1 radical (unpaired) electrons. The predicted octanol–water partition coefficient (Wildman–Crippen LogP) is 1.61. The maximum absolute atomic E-state index is 11.1. The fourth-order valence-corrected chi connectivity index (χ4v) is 2.31. The maximum Gasteiger partial charge on any atom is 0.394 e. The number of carbonyl (C=O) groups excluding carboxylic acids is 1. The van der Waals surface area contributed by atoms with Crippen molar-refractivity contribution in [2.45, 2.75) is 31.3 Å². The van der Waals surface area contributed by atoms with E-state index in [1.165, 1.54) is 12.3 Å². The van der Waals surface area contributed by atoms with Gasteiger partial charge in [0.1, 0.15) is 5.76 Å². The summed E-state index contributed by atoms with van der Waals surface area (Å²) in [5.41, 5.74) is -1.96. The zero-order valence-electron chi connectivity index (χ0n) is 8.31. The average Bonchev–Trinajstić information content (AvgIpc) is 2.89. The SMILES string of the molecule is [O]C(=O)C(O)(c1ccco1)C1CCCC1. The Kier molecular flexibility index (Phi) is 2.52. The van der Waals surface area contributed by atoms with Crippen LogP contribution in [0.25, 0.3) is 0 Å². The van der Waals surface area contributed by atoms with Crippen LogP contribution in [0.15, 0.2) is 22.8 Å². The van der Waals surface area contributed by atoms with Gasteiger partial charge in [0.25, 0.3) is 0 Å². The predicted molar refractivity (Wildman–Crippen MR) is 50.3 cm³/mol. The Morgan fingerprint density at radius 1 is 1.47 bits per heavy atom. The van der Waals surface area contributed by atoms with Gasteiger partial charge in [0.2, 0.25) is 5.60 Å². The Labute approximate surface area is 87.5 Å². The van der Waals surface area contributed by atoms with E-state index in [2.05, 4.69) is 0 Å². The number of furan rings is 1. The van der Waals surface area contributed by atoms with Crippen molar-refractivity contribution in [1.82, 2.24) is 0 Å². The topological polar surface area (TPSA) is 70.3 Å². The molecule has 1 aromatic heterocycles. The molecular formula is C11H13O4. The van der Waals surface area contributed by atoms with Gasteiger partial charge in [0, 0.05) is 5.92 Å². The van der Waals surface area contributed by atoms with E-state index >= 15 is 0 Å². The molecule has 0 aliphatic heterocycles. The third kappa shape index (κ3) is 1.55. The summed E-state index contributed by atoms with van der Waals surface area (Å²) in [4.78, 5) is 11.1. The number of aliphatic hydroxyl groups is 1. The Morgan fingerprint density at radius 2 is 2.13 bits per heavy atom. The van der Waals surface area contributed by atoms with Gasteiger partial charge in [-0.3, -0.25) is 0 Å². The number of rotatable bonds is 3. The maximum atomic E-state index is 11.1. The molecule has 1 heterocycles. The van der Waals surface area contributed by atoms with Crippen LogP contribution < -0.4 is 0 Å². The molecule has 1 saturated carbocycles. The van der Waals surface area contributed by atoms with Crippen molar-refractivity contribution < 1.29 is 19.4 Å².